The van der Waals surface area contributed by atoms with Crippen molar-refractivity contribution in [1.29, 1.82) is 0 Å². The van der Waals surface area contributed by atoms with Crippen LogP contribution in [0.5, 0.6) is 5.75 Å². The van der Waals surface area contributed by atoms with Crippen molar-refractivity contribution in [1.82, 2.24) is 19.8 Å². The number of rotatable bonds is 6. The standard InChI is InChI=1S/C23H26N4O2S/c1-17(2)29-20-5-3-19(4-6-20)22-25-21(16-30-22)23(28)27-13-11-26(12-14-27)15-18-7-9-24-10-8-18/h3-10,16-17H,11-15H2,1-2H3. The predicted molar refractivity (Wildman–Crippen MR) is 119 cm³/mol. The number of aromatic nitrogens is 2. The monoisotopic (exact) mass is 422 g/mol. The third-order valence-corrected chi connectivity index (χ3v) is 5.90. The Labute approximate surface area is 181 Å². The summed E-state index contributed by atoms with van der Waals surface area (Å²) in [6, 6.07) is 11.9. The number of hydrogen-bond donors (Lipinski definition) is 0. The fraction of sp³-hybridized carbons (Fsp3) is 0.348. The molecule has 0 spiro atoms. The van der Waals surface area contributed by atoms with E-state index in [0.29, 0.717) is 5.69 Å². The van der Waals surface area contributed by atoms with Crippen LogP contribution < -0.4 is 4.74 Å². The van der Waals surface area contributed by atoms with Crippen LogP contribution in [0.4, 0.5) is 0 Å². The lowest BCUT2D eigenvalue weighted by Gasteiger charge is -2.34. The maximum Gasteiger partial charge on any atom is 0.273 e. The molecule has 0 N–H and O–H groups in total. The van der Waals surface area contributed by atoms with Gasteiger partial charge < -0.3 is 9.64 Å². The maximum absolute atomic E-state index is 12.9. The van der Waals surface area contributed by atoms with Crippen LogP contribution in [-0.4, -0.2) is 58.0 Å². The second-order valence-corrected chi connectivity index (χ2v) is 8.51. The summed E-state index contributed by atoms with van der Waals surface area (Å²) in [7, 11) is 0. The van der Waals surface area contributed by atoms with Gasteiger partial charge in [-0.1, -0.05) is 0 Å². The lowest BCUT2D eigenvalue weighted by Crippen LogP contribution is -2.48. The molecule has 2 aromatic heterocycles. The highest BCUT2D eigenvalue weighted by molar-refractivity contribution is 7.13. The van der Waals surface area contributed by atoms with Gasteiger partial charge in [-0.15, -0.1) is 11.3 Å². The molecule has 156 valence electrons. The summed E-state index contributed by atoms with van der Waals surface area (Å²) in [4.78, 5) is 25.8. The van der Waals surface area contributed by atoms with Crippen LogP contribution >= 0.6 is 11.3 Å². The van der Waals surface area contributed by atoms with E-state index in [1.807, 2.05) is 72.9 Å². The van der Waals surface area contributed by atoms with Gasteiger partial charge in [-0.25, -0.2) is 4.98 Å². The molecule has 1 aromatic carbocycles. The zero-order valence-corrected chi connectivity index (χ0v) is 18.1. The van der Waals surface area contributed by atoms with Crippen LogP contribution in [0.2, 0.25) is 0 Å². The van der Waals surface area contributed by atoms with Crippen LogP contribution in [0, 0.1) is 0 Å². The SMILES string of the molecule is CC(C)Oc1ccc(-c2nc(C(=O)N3CCN(Cc4ccncc4)CC3)cs2)cc1. The van der Waals surface area contributed by atoms with E-state index in [0.717, 1.165) is 49.0 Å². The summed E-state index contributed by atoms with van der Waals surface area (Å²) in [5, 5.41) is 2.71. The summed E-state index contributed by atoms with van der Waals surface area (Å²) in [6.07, 6.45) is 3.78. The normalized spacial score (nSPS) is 14.8. The fourth-order valence-corrected chi connectivity index (χ4v) is 4.27. The molecule has 0 bridgehead atoms. The second-order valence-electron chi connectivity index (χ2n) is 7.65. The number of carbonyl (C=O) groups excluding carboxylic acids is 1. The number of piperazine rings is 1. The topological polar surface area (TPSA) is 58.6 Å². The van der Waals surface area contributed by atoms with Crippen molar-refractivity contribution >= 4 is 17.2 Å². The van der Waals surface area contributed by atoms with E-state index >= 15 is 0 Å². The Hall–Kier alpha value is -2.77. The largest absolute Gasteiger partial charge is 0.491 e. The fourth-order valence-electron chi connectivity index (χ4n) is 3.47. The first-order chi connectivity index (χ1) is 14.6. The van der Waals surface area contributed by atoms with Crippen LogP contribution in [-0.2, 0) is 6.54 Å². The number of thiazole rings is 1. The van der Waals surface area contributed by atoms with Crippen molar-refractivity contribution < 1.29 is 9.53 Å². The molecule has 0 radical (unpaired) electrons. The minimum absolute atomic E-state index is 0.0147. The van der Waals surface area contributed by atoms with Crippen molar-refractivity contribution in [3.63, 3.8) is 0 Å². The van der Waals surface area contributed by atoms with Crippen LogP contribution in [0.15, 0.2) is 54.2 Å². The first kappa shape index (κ1) is 20.5. The summed E-state index contributed by atoms with van der Waals surface area (Å²) in [5.41, 5.74) is 2.77. The van der Waals surface area contributed by atoms with Gasteiger partial charge in [0.1, 0.15) is 16.5 Å². The highest BCUT2D eigenvalue weighted by Gasteiger charge is 2.24. The number of amides is 1. The van der Waals surface area contributed by atoms with Gasteiger partial charge >= 0.3 is 0 Å². The number of nitrogens with zero attached hydrogens (tertiary/aromatic N) is 4. The first-order valence-electron chi connectivity index (χ1n) is 10.2. The third-order valence-electron chi connectivity index (χ3n) is 5.01. The lowest BCUT2D eigenvalue weighted by atomic mass is 10.2. The third kappa shape index (κ3) is 5.04. The van der Waals surface area contributed by atoms with Gasteiger partial charge in [-0.3, -0.25) is 14.7 Å². The molecule has 0 saturated carbocycles. The minimum atomic E-state index is 0.0147. The summed E-state index contributed by atoms with van der Waals surface area (Å²) >= 11 is 1.50. The van der Waals surface area contributed by atoms with Crippen LogP contribution in [0.3, 0.4) is 0 Å². The molecular weight excluding hydrogens is 396 g/mol. The average Bonchev–Trinajstić information content (AvgIpc) is 3.25. The van der Waals surface area contributed by atoms with E-state index in [1.165, 1.54) is 16.9 Å². The van der Waals surface area contributed by atoms with Crippen molar-refractivity contribution in [2.24, 2.45) is 0 Å². The van der Waals surface area contributed by atoms with E-state index in [2.05, 4.69) is 14.9 Å². The van der Waals surface area contributed by atoms with E-state index < -0.39 is 0 Å². The smallest absolute Gasteiger partial charge is 0.273 e. The number of carbonyl (C=O) groups is 1. The van der Waals surface area contributed by atoms with Gasteiger partial charge in [0.25, 0.3) is 5.91 Å². The summed E-state index contributed by atoms with van der Waals surface area (Å²) in [5.74, 6) is 0.854. The Bertz CT molecular complexity index is 964. The highest BCUT2D eigenvalue weighted by Crippen LogP contribution is 2.26. The van der Waals surface area contributed by atoms with Crippen molar-refractivity contribution in [2.45, 2.75) is 26.5 Å². The Kier molecular flexibility index (Phi) is 6.40. The summed E-state index contributed by atoms with van der Waals surface area (Å²) < 4.78 is 5.69. The molecule has 1 aliphatic rings. The Balaban J connectivity index is 1.34. The Morgan fingerprint density at radius 3 is 2.43 bits per heavy atom. The molecule has 1 saturated heterocycles. The van der Waals surface area contributed by atoms with E-state index in [9.17, 15) is 4.79 Å². The molecule has 6 nitrogen and oxygen atoms in total. The van der Waals surface area contributed by atoms with Gasteiger partial charge in [0.2, 0.25) is 0 Å². The summed E-state index contributed by atoms with van der Waals surface area (Å²) in [6.45, 7) is 8.07. The van der Waals surface area contributed by atoms with E-state index in [1.54, 1.807) is 0 Å². The lowest BCUT2D eigenvalue weighted by molar-refractivity contribution is 0.0623. The molecule has 30 heavy (non-hydrogen) atoms. The van der Waals surface area contributed by atoms with Crippen molar-refractivity contribution in [2.75, 3.05) is 26.2 Å². The molecule has 7 heteroatoms. The zero-order valence-electron chi connectivity index (χ0n) is 17.3. The van der Waals surface area contributed by atoms with Gasteiger partial charge in [-0.2, -0.15) is 0 Å². The van der Waals surface area contributed by atoms with Gasteiger partial charge in [0, 0.05) is 56.1 Å². The Morgan fingerprint density at radius 2 is 1.77 bits per heavy atom. The number of benzene rings is 1. The molecule has 1 fully saturated rings. The van der Waals surface area contributed by atoms with Crippen LogP contribution in [0.25, 0.3) is 10.6 Å². The molecule has 0 unspecified atom stereocenters. The average molecular weight is 423 g/mol. The molecule has 4 rings (SSSR count). The number of pyridine rings is 1. The molecule has 3 heterocycles. The quantitative estimate of drug-likeness (QED) is 0.602. The van der Waals surface area contributed by atoms with Gasteiger partial charge in [-0.05, 0) is 55.8 Å². The molecular formula is C23H26N4O2S. The molecule has 1 aliphatic heterocycles. The maximum atomic E-state index is 12.9. The zero-order chi connectivity index (χ0) is 20.9. The van der Waals surface area contributed by atoms with Gasteiger partial charge in [0.05, 0.1) is 6.10 Å². The van der Waals surface area contributed by atoms with Crippen molar-refractivity contribution in [3.05, 3.63) is 65.4 Å². The predicted octanol–water partition coefficient (Wildman–Crippen LogP) is 3.95. The second kappa shape index (κ2) is 9.36. The van der Waals surface area contributed by atoms with Gasteiger partial charge in [0.15, 0.2) is 0 Å². The van der Waals surface area contributed by atoms with Crippen molar-refractivity contribution in [3.8, 4) is 16.3 Å². The highest BCUT2D eigenvalue weighted by atomic mass is 32.1. The number of hydrogen-bond acceptors (Lipinski definition) is 6. The first-order valence-corrected chi connectivity index (χ1v) is 11.1. The molecule has 0 aliphatic carbocycles. The van der Waals surface area contributed by atoms with E-state index in [4.69, 9.17) is 4.74 Å². The minimum Gasteiger partial charge on any atom is -0.491 e. The van der Waals surface area contributed by atoms with Crippen LogP contribution in [0.1, 0.15) is 29.9 Å². The van der Waals surface area contributed by atoms with E-state index in [-0.39, 0.29) is 12.0 Å². The number of ether oxygens (including phenoxy) is 1. The molecule has 3 aromatic rings. The molecule has 0 atom stereocenters. The molecule has 1 amide bonds. The Morgan fingerprint density at radius 1 is 1.07 bits per heavy atom.